The van der Waals surface area contributed by atoms with Crippen LogP contribution in [0, 0.1) is 0 Å². The second kappa shape index (κ2) is 34.2. The normalized spacial score (nSPS) is 11.8. The van der Waals surface area contributed by atoms with Crippen molar-refractivity contribution >= 4 is 17.9 Å². The SMILES string of the molecule is CCCCCCCCCCCCCCCC(=O)OCC(COC(=O)CN)OC(=O)CCCCCCCCCCCCCCC. The van der Waals surface area contributed by atoms with Crippen LogP contribution in [0.25, 0.3) is 0 Å². The maximum absolute atomic E-state index is 12.4. The Hall–Kier alpha value is -1.63. The molecule has 44 heavy (non-hydrogen) atoms. The van der Waals surface area contributed by atoms with Gasteiger partial charge in [0.2, 0.25) is 0 Å². The zero-order chi connectivity index (χ0) is 32.4. The lowest BCUT2D eigenvalue weighted by Crippen LogP contribution is -2.32. The number of rotatable bonds is 34. The fourth-order valence-corrected chi connectivity index (χ4v) is 5.44. The molecule has 0 bridgehead atoms. The highest BCUT2D eigenvalue weighted by molar-refractivity contribution is 5.72. The predicted molar refractivity (Wildman–Crippen MR) is 181 cm³/mol. The molecule has 0 aliphatic heterocycles. The van der Waals surface area contributed by atoms with E-state index in [0.717, 1.165) is 38.5 Å². The van der Waals surface area contributed by atoms with E-state index >= 15 is 0 Å². The van der Waals surface area contributed by atoms with Crippen LogP contribution in [0.3, 0.4) is 0 Å². The third-order valence-corrected chi connectivity index (χ3v) is 8.29. The quantitative estimate of drug-likeness (QED) is 0.0431. The van der Waals surface area contributed by atoms with E-state index < -0.39 is 12.1 Å². The van der Waals surface area contributed by atoms with Crippen LogP contribution in [0.2, 0.25) is 0 Å². The number of hydrogen-bond acceptors (Lipinski definition) is 7. The van der Waals surface area contributed by atoms with E-state index in [0.29, 0.717) is 12.8 Å². The fraction of sp³-hybridized carbons (Fsp3) is 0.919. The zero-order valence-electron chi connectivity index (χ0n) is 29.0. The second-order valence-electron chi connectivity index (χ2n) is 12.7. The number of hydrogen-bond donors (Lipinski definition) is 1. The Kier molecular flexibility index (Phi) is 33.0. The first-order chi connectivity index (χ1) is 21.5. The number of carbonyl (C=O) groups excluding carboxylic acids is 3. The Bertz CT molecular complexity index is 656. The summed E-state index contributed by atoms with van der Waals surface area (Å²) in [5.74, 6) is -1.24. The summed E-state index contributed by atoms with van der Waals surface area (Å²) in [7, 11) is 0. The van der Waals surface area contributed by atoms with Crippen LogP contribution in [-0.4, -0.2) is 43.8 Å². The predicted octanol–water partition coefficient (Wildman–Crippen LogP) is 9.91. The molecule has 0 saturated carbocycles. The van der Waals surface area contributed by atoms with Crippen molar-refractivity contribution in [3.63, 3.8) is 0 Å². The summed E-state index contributed by atoms with van der Waals surface area (Å²) < 4.78 is 15.9. The molecule has 0 radical (unpaired) electrons. The molecule has 0 rings (SSSR count). The van der Waals surface area contributed by atoms with E-state index in [1.165, 1.54) is 128 Å². The summed E-state index contributed by atoms with van der Waals surface area (Å²) in [4.78, 5) is 36.1. The van der Waals surface area contributed by atoms with Gasteiger partial charge in [-0.1, -0.05) is 168 Å². The highest BCUT2D eigenvalue weighted by atomic mass is 16.6. The molecule has 0 heterocycles. The third-order valence-electron chi connectivity index (χ3n) is 8.29. The zero-order valence-corrected chi connectivity index (χ0v) is 29.0. The van der Waals surface area contributed by atoms with E-state index in [1.807, 2.05) is 0 Å². The summed E-state index contributed by atoms with van der Waals surface area (Å²) in [6.07, 6.45) is 32.2. The molecule has 260 valence electrons. The van der Waals surface area contributed by atoms with Gasteiger partial charge in [0.25, 0.3) is 0 Å². The average Bonchev–Trinajstić information content (AvgIpc) is 3.02. The Morgan fingerprint density at radius 1 is 0.432 bits per heavy atom. The van der Waals surface area contributed by atoms with Crippen LogP contribution in [0.5, 0.6) is 0 Å². The van der Waals surface area contributed by atoms with Crippen molar-refractivity contribution in [2.45, 2.75) is 200 Å². The molecule has 0 aliphatic rings. The van der Waals surface area contributed by atoms with Crippen LogP contribution in [-0.2, 0) is 28.6 Å². The Labute approximate surface area is 271 Å². The molecule has 1 unspecified atom stereocenters. The van der Waals surface area contributed by atoms with E-state index in [1.54, 1.807) is 0 Å². The minimum atomic E-state index is -0.810. The van der Waals surface area contributed by atoms with Crippen molar-refractivity contribution in [3.05, 3.63) is 0 Å². The smallest absolute Gasteiger partial charge is 0.319 e. The first kappa shape index (κ1) is 42.4. The molecule has 0 amide bonds. The maximum atomic E-state index is 12.4. The van der Waals surface area contributed by atoms with E-state index in [2.05, 4.69) is 13.8 Å². The lowest BCUT2D eigenvalue weighted by Gasteiger charge is -2.18. The summed E-state index contributed by atoms with van der Waals surface area (Å²) in [6.45, 7) is 3.98. The van der Waals surface area contributed by atoms with Crippen LogP contribution >= 0.6 is 0 Å². The van der Waals surface area contributed by atoms with Gasteiger partial charge in [0.1, 0.15) is 13.2 Å². The monoisotopic (exact) mass is 626 g/mol. The molecule has 7 heteroatoms. The molecule has 0 fully saturated rings. The molecule has 0 aromatic carbocycles. The fourth-order valence-electron chi connectivity index (χ4n) is 5.44. The molecule has 0 spiro atoms. The van der Waals surface area contributed by atoms with Crippen LogP contribution in [0.4, 0.5) is 0 Å². The minimum absolute atomic E-state index is 0.112. The lowest BCUT2D eigenvalue weighted by molar-refractivity contribution is -0.166. The highest BCUT2D eigenvalue weighted by Crippen LogP contribution is 2.15. The van der Waals surface area contributed by atoms with Crippen LogP contribution in [0.15, 0.2) is 0 Å². The van der Waals surface area contributed by atoms with Crippen molar-refractivity contribution in [3.8, 4) is 0 Å². The van der Waals surface area contributed by atoms with Crippen LogP contribution < -0.4 is 5.73 Å². The molecule has 0 aliphatic carbocycles. The van der Waals surface area contributed by atoms with Gasteiger partial charge in [0.05, 0.1) is 6.54 Å². The van der Waals surface area contributed by atoms with Crippen molar-refractivity contribution < 1.29 is 28.6 Å². The third kappa shape index (κ3) is 31.8. The Morgan fingerprint density at radius 2 is 0.727 bits per heavy atom. The van der Waals surface area contributed by atoms with Crippen molar-refractivity contribution in [2.75, 3.05) is 19.8 Å². The van der Waals surface area contributed by atoms with Gasteiger partial charge in [-0.3, -0.25) is 14.4 Å². The van der Waals surface area contributed by atoms with Crippen molar-refractivity contribution in [2.24, 2.45) is 5.73 Å². The molecular formula is C37H71NO6. The summed E-state index contributed by atoms with van der Waals surface area (Å²) in [5, 5.41) is 0. The molecule has 1 atom stereocenters. The van der Waals surface area contributed by atoms with Gasteiger partial charge in [0.15, 0.2) is 6.10 Å². The molecule has 2 N–H and O–H groups in total. The standard InChI is InChI=1S/C37H71NO6/c1-3-5-7-9-11-13-15-17-19-21-23-25-27-29-35(39)42-32-34(33-43-37(41)31-38)44-36(40)30-28-26-24-22-20-18-16-14-12-10-8-6-4-2/h34H,3-33,38H2,1-2H3. The van der Waals surface area contributed by atoms with Crippen molar-refractivity contribution in [1.82, 2.24) is 0 Å². The highest BCUT2D eigenvalue weighted by Gasteiger charge is 2.19. The molecule has 7 nitrogen and oxygen atoms in total. The van der Waals surface area contributed by atoms with Gasteiger partial charge in [-0.25, -0.2) is 0 Å². The first-order valence-electron chi connectivity index (χ1n) is 18.7. The van der Waals surface area contributed by atoms with Crippen LogP contribution in [0.1, 0.15) is 194 Å². The van der Waals surface area contributed by atoms with E-state index in [-0.39, 0.29) is 31.7 Å². The number of esters is 3. The van der Waals surface area contributed by atoms with E-state index in [9.17, 15) is 14.4 Å². The maximum Gasteiger partial charge on any atom is 0.319 e. The molecule has 0 saturated heterocycles. The summed E-state index contributed by atoms with van der Waals surface area (Å²) in [5.41, 5.74) is 5.32. The van der Waals surface area contributed by atoms with E-state index in [4.69, 9.17) is 19.9 Å². The topological polar surface area (TPSA) is 105 Å². The number of nitrogens with two attached hydrogens (primary N) is 1. The Balaban J connectivity index is 3.92. The number of ether oxygens (including phenoxy) is 3. The van der Waals surface area contributed by atoms with Gasteiger partial charge in [0, 0.05) is 12.8 Å². The van der Waals surface area contributed by atoms with Crippen molar-refractivity contribution in [1.29, 1.82) is 0 Å². The largest absolute Gasteiger partial charge is 0.462 e. The van der Waals surface area contributed by atoms with Gasteiger partial charge < -0.3 is 19.9 Å². The summed E-state index contributed by atoms with van der Waals surface area (Å²) in [6, 6.07) is 0. The second-order valence-corrected chi connectivity index (χ2v) is 12.7. The van der Waals surface area contributed by atoms with Gasteiger partial charge >= 0.3 is 17.9 Å². The first-order valence-corrected chi connectivity index (χ1v) is 18.7. The summed E-state index contributed by atoms with van der Waals surface area (Å²) >= 11 is 0. The minimum Gasteiger partial charge on any atom is -0.462 e. The lowest BCUT2D eigenvalue weighted by atomic mass is 10.0. The average molecular weight is 626 g/mol. The molecule has 0 aromatic rings. The van der Waals surface area contributed by atoms with Gasteiger partial charge in [-0.15, -0.1) is 0 Å². The van der Waals surface area contributed by atoms with Gasteiger partial charge in [-0.2, -0.15) is 0 Å². The Morgan fingerprint density at radius 3 is 1.07 bits per heavy atom. The molecular weight excluding hydrogens is 554 g/mol. The number of unbranched alkanes of at least 4 members (excludes halogenated alkanes) is 24. The number of carbonyl (C=O) groups is 3. The molecule has 0 aromatic heterocycles. The van der Waals surface area contributed by atoms with Gasteiger partial charge in [-0.05, 0) is 12.8 Å².